The minimum atomic E-state index is -1.08. The van der Waals surface area contributed by atoms with Gasteiger partial charge in [-0.3, -0.25) is 1.33 Å². The number of halogens is 3. The Hall–Kier alpha value is -1.34. The van der Waals surface area contributed by atoms with E-state index in [1.165, 1.54) is 18.2 Å². The molecule has 2 aromatic carbocycles. The van der Waals surface area contributed by atoms with Crippen LogP contribution in [0.4, 0.5) is 28.4 Å². The number of hydrogen-bond donors (Lipinski definition) is 3. The zero-order valence-corrected chi connectivity index (χ0v) is 17.4. The molecule has 7 nitrogen and oxygen atoms in total. The van der Waals surface area contributed by atoms with E-state index in [0.717, 1.165) is 11.3 Å². The Kier molecular flexibility index (Phi) is 6.09. The van der Waals surface area contributed by atoms with Crippen LogP contribution in [0.3, 0.4) is 0 Å². The van der Waals surface area contributed by atoms with Gasteiger partial charge in [0.25, 0.3) is 0 Å². The van der Waals surface area contributed by atoms with Crippen molar-refractivity contribution in [2.75, 3.05) is 12.8 Å². The molecule has 24 heavy (non-hydrogen) atoms. The Morgan fingerprint density at radius 3 is 2.46 bits per heavy atom. The summed E-state index contributed by atoms with van der Waals surface area (Å²) in [7, 11) is 0. The number of nitrogens with zero attached hydrogens (tertiary/aromatic N) is 3. The molecular weight excluding hydrogens is 559 g/mol. The van der Waals surface area contributed by atoms with Gasteiger partial charge in [-0.25, -0.2) is 4.79 Å². The van der Waals surface area contributed by atoms with E-state index in [9.17, 15) is 4.79 Å². The lowest BCUT2D eigenvalue weighted by Gasteiger charge is -2.15. The van der Waals surface area contributed by atoms with Crippen molar-refractivity contribution < 1.29 is 9.90 Å². The number of carboxylic acids is 1. The predicted octanol–water partition coefficient (Wildman–Crippen LogP) is 5.43. The van der Waals surface area contributed by atoms with Crippen LogP contribution in [-0.2, 0) is 0 Å². The topological polar surface area (TPSA) is 117 Å². The molecule has 0 saturated heterocycles. The highest BCUT2D eigenvalue weighted by atomic mass is 127. The number of nitrogens with two attached hydrogens (primary N) is 2. The number of anilines is 3. The molecule has 0 fully saturated rings. The fraction of sp³-hybridized carbons (Fsp3) is 0.0714. The number of carbonyl (C=O) groups is 1. The number of azo groups is 1. The lowest BCUT2D eigenvalue weighted by molar-refractivity contribution is 0.0697. The van der Waals surface area contributed by atoms with E-state index in [4.69, 9.17) is 28.2 Å². The van der Waals surface area contributed by atoms with Crippen LogP contribution in [0.15, 0.2) is 34.5 Å². The monoisotopic (exact) mass is 571 g/mol. The van der Waals surface area contributed by atoms with Crippen molar-refractivity contribution >= 4 is 91.7 Å². The summed E-state index contributed by atoms with van der Waals surface area (Å²) < 4.78 is 1.79. The number of rotatable bonds is 4. The van der Waals surface area contributed by atoms with E-state index in [2.05, 4.69) is 56.0 Å². The Labute approximate surface area is 171 Å². The highest BCUT2D eigenvalue weighted by Gasteiger charge is 2.15. The standard InChI is InChI=1S/C14H12ClI2N5O2/c1-6-4-10(22(16)17)12(19)13(11(6)18)21-20-9-5-7(14(23)24)2-3-8(9)15/h2-5H,18-19H2,1H3,(H,23,24). The maximum Gasteiger partial charge on any atom is 0.335 e. The molecule has 0 aliphatic carbocycles. The summed E-state index contributed by atoms with van der Waals surface area (Å²) >= 11 is 10.2. The summed E-state index contributed by atoms with van der Waals surface area (Å²) in [6, 6.07) is 6.02. The lowest BCUT2D eigenvalue weighted by atomic mass is 10.1. The minimum Gasteiger partial charge on any atom is -0.478 e. The van der Waals surface area contributed by atoms with Gasteiger partial charge >= 0.3 is 5.97 Å². The van der Waals surface area contributed by atoms with Crippen LogP contribution in [0.1, 0.15) is 15.9 Å². The second-order valence-electron chi connectivity index (χ2n) is 4.79. The summed E-state index contributed by atoms with van der Waals surface area (Å²) in [5, 5.41) is 17.5. The number of benzene rings is 2. The normalized spacial score (nSPS) is 11.0. The van der Waals surface area contributed by atoms with Gasteiger partial charge in [0.15, 0.2) is 0 Å². The number of aromatic carboxylic acids is 1. The third-order valence-corrected chi connectivity index (χ3v) is 4.56. The van der Waals surface area contributed by atoms with E-state index in [0.29, 0.717) is 17.1 Å². The molecule has 126 valence electrons. The van der Waals surface area contributed by atoms with Crippen LogP contribution in [0.5, 0.6) is 0 Å². The first kappa shape index (κ1) is 19.0. The number of nitrogen functional groups attached to an aromatic ring is 2. The average Bonchev–Trinajstić information content (AvgIpc) is 2.51. The second kappa shape index (κ2) is 7.70. The minimum absolute atomic E-state index is 0.0601. The highest BCUT2D eigenvalue weighted by Crippen LogP contribution is 2.43. The molecule has 0 aliphatic rings. The van der Waals surface area contributed by atoms with Crippen molar-refractivity contribution in [3.63, 3.8) is 0 Å². The molecule has 0 aliphatic heterocycles. The Balaban J connectivity index is 2.54. The van der Waals surface area contributed by atoms with Gasteiger partial charge in [-0.1, -0.05) is 11.6 Å². The molecule has 0 radical (unpaired) electrons. The van der Waals surface area contributed by atoms with Crippen LogP contribution in [0.25, 0.3) is 0 Å². The van der Waals surface area contributed by atoms with Crippen molar-refractivity contribution in [3.8, 4) is 0 Å². The summed E-state index contributed by atoms with van der Waals surface area (Å²) in [4.78, 5) is 11.0. The van der Waals surface area contributed by atoms with Crippen LogP contribution in [0.2, 0.25) is 5.02 Å². The first-order valence-electron chi connectivity index (χ1n) is 6.47. The van der Waals surface area contributed by atoms with Gasteiger partial charge in [0.2, 0.25) is 0 Å². The van der Waals surface area contributed by atoms with Gasteiger partial charge < -0.3 is 16.6 Å². The number of hydrogen-bond acceptors (Lipinski definition) is 6. The quantitative estimate of drug-likeness (QED) is 0.196. The highest BCUT2D eigenvalue weighted by molar-refractivity contribution is 14.2. The zero-order chi connectivity index (χ0) is 18.0. The van der Waals surface area contributed by atoms with Crippen LogP contribution >= 0.6 is 57.3 Å². The molecule has 2 aromatic rings. The average molecular weight is 572 g/mol. The van der Waals surface area contributed by atoms with E-state index in [-0.39, 0.29) is 16.3 Å². The van der Waals surface area contributed by atoms with Crippen LogP contribution in [-0.4, -0.2) is 11.1 Å². The van der Waals surface area contributed by atoms with E-state index < -0.39 is 5.97 Å². The Morgan fingerprint density at radius 2 is 1.88 bits per heavy atom. The molecule has 0 heterocycles. The number of carboxylic acid groups (broad SMARTS) is 1. The maximum atomic E-state index is 11.0. The number of aryl methyl sites for hydroxylation is 1. The first-order chi connectivity index (χ1) is 11.2. The van der Waals surface area contributed by atoms with Gasteiger partial charge in [0.05, 0.1) is 73.4 Å². The molecule has 0 unspecified atom stereocenters. The van der Waals surface area contributed by atoms with Gasteiger partial charge in [0.1, 0.15) is 11.4 Å². The van der Waals surface area contributed by atoms with Crippen molar-refractivity contribution in [2.45, 2.75) is 6.92 Å². The van der Waals surface area contributed by atoms with E-state index >= 15 is 0 Å². The predicted molar refractivity (Wildman–Crippen MR) is 113 cm³/mol. The van der Waals surface area contributed by atoms with Gasteiger partial charge in [-0.15, -0.1) is 10.2 Å². The summed E-state index contributed by atoms with van der Waals surface area (Å²) in [5.41, 5.74) is 15.1. The van der Waals surface area contributed by atoms with Crippen molar-refractivity contribution in [3.05, 3.63) is 40.4 Å². The molecule has 0 aromatic heterocycles. The van der Waals surface area contributed by atoms with Gasteiger partial charge in [-0.05, 0) is 36.8 Å². The summed E-state index contributed by atoms with van der Waals surface area (Å²) in [6.45, 7) is 1.84. The third-order valence-electron chi connectivity index (χ3n) is 3.20. The van der Waals surface area contributed by atoms with Crippen LogP contribution < -0.4 is 12.8 Å². The van der Waals surface area contributed by atoms with E-state index in [1.54, 1.807) is 1.33 Å². The maximum absolute atomic E-state index is 11.0. The third kappa shape index (κ3) is 4.00. The smallest absolute Gasteiger partial charge is 0.335 e. The van der Waals surface area contributed by atoms with Gasteiger partial charge in [-0.2, -0.15) is 0 Å². The summed E-state index contributed by atoms with van der Waals surface area (Å²) in [6.07, 6.45) is 0. The van der Waals surface area contributed by atoms with Crippen LogP contribution in [0, 0.1) is 6.92 Å². The lowest BCUT2D eigenvalue weighted by Crippen LogP contribution is -2.01. The molecule has 0 spiro atoms. The SMILES string of the molecule is Cc1cc(N(I)I)c(N)c(N=Nc2cc(C(=O)O)ccc2Cl)c1N. The Bertz CT molecular complexity index is 842. The van der Waals surface area contributed by atoms with Crippen molar-refractivity contribution in [2.24, 2.45) is 10.2 Å². The van der Waals surface area contributed by atoms with Crippen molar-refractivity contribution in [1.29, 1.82) is 0 Å². The van der Waals surface area contributed by atoms with E-state index in [1.807, 2.05) is 13.0 Å². The molecule has 0 amide bonds. The molecular formula is C14H12ClI2N5O2. The molecule has 0 atom stereocenters. The van der Waals surface area contributed by atoms with Crippen molar-refractivity contribution in [1.82, 2.24) is 0 Å². The summed E-state index contributed by atoms with van der Waals surface area (Å²) in [5.74, 6) is -1.08. The fourth-order valence-corrected chi connectivity index (χ4v) is 2.84. The zero-order valence-electron chi connectivity index (χ0n) is 12.3. The molecule has 2 rings (SSSR count). The largest absolute Gasteiger partial charge is 0.478 e. The van der Waals surface area contributed by atoms with Gasteiger partial charge in [0, 0.05) is 0 Å². The molecule has 10 heteroatoms. The fourth-order valence-electron chi connectivity index (χ4n) is 1.89. The Morgan fingerprint density at radius 1 is 1.21 bits per heavy atom. The molecule has 0 saturated carbocycles. The second-order valence-corrected chi connectivity index (χ2v) is 8.98. The molecule has 0 bridgehead atoms. The first-order valence-corrected chi connectivity index (χ1v) is 8.78. The molecule has 5 N–H and O–H groups in total.